The summed E-state index contributed by atoms with van der Waals surface area (Å²) in [5.41, 5.74) is 2.23. The molecule has 32 heavy (non-hydrogen) atoms. The zero-order chi connectivity index (χ0) is 22.8. The van der Waals surface area contributed by atoms with Crippen molar-refractivity contribution in [1.29, 1.82) is 0 Å². The molecule has 0 fully saturated rings. The number of hydrogen-bond donors (Lipinski definition) is 0. The fourth-order valence-electron chi connectivity index (χ4n) is 4.13. The molecule has 0 saturated heterocycles. The molecule has 2 heterocycles. The SMILES string of the molecule is CCCCOc1ccc(C2c3c(oc4cc(C)c(Cl)cc4c3=O)C(=O)N2CCCC)cc1. The highest BCUT2D eigenvalue weighted by atomic mass is 35.5. The molecule has 1 atom stereocenters. The minimum absolute atomic E-state index is 0.133. The summed E-state index contributed by atoms with van der Waals surface area (Å²) in [4.78, 5) is 28.6. The van der Waals surface area contributed by atoms with Crippen molar-refractivity contribution in [2.24, 2.45) is 0 Å². The number of amides is 1. The maximum atomic E-state index is 13.6. The average molecular weight is 454 g/mol. The summed E-state index contributed by atoms with van der Waals surface area (Å²) < 4.78 is 11.8. The van der Waals surface area contributed by atoms with Crippen LogP contribution in [0.4, 0.5) is 0 Å². The van der Waals surface area contributed by atoms with E-state index in [2.05, 4.69) is 13.8 Å². The Morgan fingerprint density at radius 1 is 1.06 bits per heavy atom. The summed E-state index contributed by atoms with van der Waals surface area (Å²) in [6.07, 6.45) is 3.84. The number of carbonyl (C=O) groups is 1. The average Bonchev–Trinajstić information content (AvgIpc) is 3.06. The second-order valence-electron chi connectivity index (χ2n) is 8.30. The second-order valence-corrected chi connectivity index (χ2v) is 8.70. The maximum absolute atomic E-state index is 13.6. The Morgan fingerprint density at radius 2 is 1.78 bits per heavy atom. The van der Waals surface area contributed by atoms with Crippen LogP contribution in [0.2, 0.25) is 5.02 Å². The first-order valence-corrected chi connectivity index (χ1v) is 11.6. The molecule has 168 valence electrons. The van der Waals surface area contributed by atoms with E-state index in [1.165, 1.54) is 0 Å². The Labute approximate surface area is 192 Å². The second kappa shape index (κ2) is 9.37. The molecule has 6 heteroatoms. The monoisotopic (exact) mass is 453 g/mol. The van der Waals surface area contributed by atoms with E-state index >= 15 is 0 Å². The van der Waals surface area contributed by atoms with E-state index in [0.717, 1.165) is 42.6 Å². The fourth-order valence-corrected chi connectivity index (χ4v) is 4.29. The Bertz CT molecular complexity index is 1200. The Hall–Kier alpha value is -2.79. The van der Waals surface area contributed by atoms with Crippen LogP contribution in [-0.4, -0.2) is 24.0 Å². The van der Waals surface area contributed by atoms with Crippen molar-refractivity contribution in [3.63, 3.8) is 0 Å². The van der Waals surface area contributed by atoms with Gasteiger partial charge in [0.05, 0.1) is 23.6 Å². The van der Waals surface area contributed by atoms with Crippen LogP contribution in [0.15, 0.2) is 45.6 Å². The number of carbonyl (C=O) groups excluding carboxylic acids is 1. The summed E-state index contributed by atoms with van der Waals surface area (Å²) in [5.74, 6) is 0.668. The highest BCUT2D eigenvalue weighted by Crippen LogP contribution is 2.39. The van der Waals surface area contributed by atoms with Crippen LogP contribution in [0.5, 0.6) is 5.75 Å². The number of halogens is 1. The number of rotatable bonds is 8. The van der Waals surface area contributed by atoms with Gasteiger partial charge in [0.25, 0.3) is 5.91 Å². The minimum Gasteiger partial charge on any atom is -0.494 e. The zero-order valence-corrected chi connectivity index (χ0v) is 19.5. The van der Waals surface area contributed by atoms with Gasteiger partial charge in [-0.2, -0.15) is 0 Å². The van der Waals surface area contributed by atoms with Gasteiger partial charge in [-0.05, 0) is 55.2 Å². The summed E-state index contributed by atoms with van der Waals surface area (Å²) >= 11 is 6.29. The number of ether oxygens (including phenoxy) is 1. The van der Waals surface area contributed by atoms with E-state index in [9.17, 15) is 9.59 Å². The van der Waals surface area contributed by atoms with E-state index < -0.39 is 6.04 Å². The molecule has 3 aromatic rings. The van der Waals surface area contributed by atoms with Crippen molar-refractivity contribution in [2.45, 2.75) is 52.5 Å². The van der Waals surface area contributed by atoms with E-state index in [0.29, 0.717) is 34.7 Å². The molecule has 2 aromatic carbocycles. The van der Waals surface area contributed by atoms with Crippen molar-refractivity contribution in [3.8, 4) is 5.75 Å². The van der Waals surface area contributed by atoms with Crippen LogP contribution in [0.25, 0.3) is 11.0 Å². The lowest BCUT2D eigenvalue weighted by Gasteiger charge is -2.25. The number of benzene rings is 2. The lowest BCUT2D eigenvalue weighted by Crippen LogP contribution is -2.30. The van der Waals surface area contributed by atoms with Crippen LogP contribution >= 0.6 is 11.6 Å². The molecule has 0 radical (unpaired) electrons. The summed E-state index contributed by atoms with van der Waals surface area (Å²) in [6, 6.07) is 10.5. The van der Waals surface area contributed by atoms with Crippen LogP contribution in [0.3, 0.4) is 0 Å². The van der Waals surface area contributed by atoms with Gasteiger partial charge in [0.15, 0.2) is 5.43 Å². The summed E-state index contributed by atoms with van der Waals surface area (Å²) in [6.45, 7) is 7.26. The summed E-state index contributed by atoms with van der Waals surface area (Å²) in [7, 11) is 0. The molecular weight excluding hydrogens is 426 g/mol. The lowest BCUT2D eigenvalue weighted by molar-refractivity contribution is 0.0725. The zero-order valence-electron chi connectivity index (χ0n) is 18.7. The first-order valence-electron chi connectivity index (χ1n) is 11.3. The molecule has 0 N–H and O–H groups in total. The van der Waals surface area contributed by atoms with Gasteiger partial charge in [0.2, 0.25) is 5.76 Å². The molecule has 1 aromatic heterocycles. The highest BCUT2D eigenvalue weighted by Gasteiger charge is 2.42. The van der Waals surface area contributed by atoms with Gasteiger partial charge in [-0.3, -0.25) is 9.59 Å². The van der Waals surface area contributed by atoms with Gasteiger partial charge >= 0.3 is 0 Å². The van der Waals surface area contributed by atoms with Crippen molar-refractivity contribution in [3.05, 3.63) is 74.1 Å². The van der Waals surface area contributed by atoms with Gasteiger partial charge in [0, 0.05) is 11.6 Å². The van der Waals surface area contributed by atoms with Gasteiger partial charge < -0.3 is 14.1 Å². The molecule has 0 spiro atoms. The third-order valence-electron chi connectivity index (χ3n) is 5.96. The molecule has 0 bridgehead atoms. The molecule has 0 saturated carbocycles. The predicted molar refractivity (Wildman–Crippen MR) is 127 cm³/mol. The van der Waals surface area contributed by atoms with E-state index in [-0.39, 0.29) is 17.1 Å². The third kappa shape index (κ3) is 4.02. The molecule has 0 aliphatic carbocycles. The largest absolute Gasteiger partial charge is 0.494 e. The first kappa shape index (κ1) is 22.4. The quantitative estimate of drug-likeness (QED) is 0.376. The van der Waals surface area contributed by atoms with Crippen molar-refractivity contribution in [1.82, 2.24) is 4.90 Å². The molecule has 1 unspecified atom stereocenters. The predicted octanol–water partition coefficient (Wildman–Crippen LogP) is 6.28. The molecular formula is C26H28ClNO4. The summed E-state index contributed by atoms with van der Waals surface area (Å²) in [5, 5.41) is 0.899. The van der Waals surface area contributed by atoms with Gasteiger partial charge in [0.1, 0.15) is 11.3 Å². The van der Waals surface area contributed by atoms with Crippen molar-refractivity contribution in [2.75, 3.05) is 13.2 Å². The third-order valence-corrected chi connectivity index (χ3v) is 6.37. The fraction of sp³-hybridized carbons (Fsp3) is 0.385. The van der Waals surface area contributed by atoms with Crippen LogP contribution < -0.4 is 10.2 Å². The normalized spacial score (nSPS) is 15.4. The molecule has 1 amide bonds. The minimum atomic E-state index is -0.491. The highest BCUT2D eigenvalue weighted by molar-refractivity contribution is 6.32. The number of aryl methyl sites for hydroxylation is 1. The molecule has 4 rings (SSSR count). The maximum Gasteiger partial charge on any atom is 0.290 e. The van der Waals surface area contributed by atoms with Gasteiger partial charge in [-0.1, -0.05) is 50.4 Å². The number of unbranched alkanes of at least 4 members (excludes halogenated alkanes) is 2. The van der Waals surface area contributed by atoms with Gasteiger partial charge in [-0.25, -0.2) is 0 Å². The van der Waals surface area contributed by atoms with E-state index in [1.54, 1.807) is 17.0 Å². The lowest BCUT2D eigenvalue weighted by atomic mass is 9.98. The van der Waals surface area contributed by atoms with E-state index in [1.807, 2.05) is 31.2 Å². The topological polar surface area (TPSA) is 59.8 Å². The van der Waals surface area contributed by atoms with Crippen LogP contribution in [0.1, 0.15) is 72.8 Å². The number of fused-ring (bicyclic) bond motifs is 2. The number of nitrogens with zero attached hydrogens (tertiary/aromatic N) is 1. The molecule has 1 aliphatic rings. The first-order chi connectivity index (χ1) is 15.5. The van der Waals surface area contributed by atoms with Crippen LogP contribution in [-0.2, 0) is 0 Å². The standard InChI is InChI=1S/C26H28ClNO4/c1-4-6-12-28-23(17-8-10-18(11-9-17)31-13-7-5-2)22-24(29)19-15-20(27)16(3)14-21(19)32-25(22)26(28)30/h8-11,14-15,23H,4-7,12-13H2,1-3H3. The van der Waals surface area contributed by atoms with Crippen molar-refractivity contribution >= 4 is 28.5 Å². The Morgan fingerprint density at radius 3 is 2.47 bits per heavy atom. The van der Waals surface area contributed by atoms with E-state index in [4.69, 9.17) is 20.8 Å². The smallest absolute Gasteiger partial charge is 0.290 e. The molecule has 5 nitrogen and oxygen atoms in total. The Balaban J connectivity index is 1.82. The molecule has 1 aliphatic heterocycles. The Kier molecular flexibility index (Phi) is 6.56. The van der Waals surface area contributed by atoms with Crippen LogP contribution in [0, 0.1) is 6.92 Å². The number of hydrogen-bond acceptors (Lipinski definition) is 4. The van der Waals surface area contributed by atoms with Crippen molar-refractivity contribution < 1.29 is 13.9 Å². The van der Waals surface area contributed by atoms with Gasteiger partial charge in [-0.15, -0.1) is 0 Å².